The maximum atomic E-state index is 9.46. The normalized spacial score (nSPS) is 10.5. The lowest BCUT2D eigenvalue weighted by Crippen LogP contribution is -2.14. The second kappa shape index (κ2) is 5.53. The van der Waals surface area contributed by atoms with Crippen molar-refractivity contribution in [1.29, 1.82) is 0 Å². The summed E-state index contributed by atoms with van der Waals surface area (Å²) in [6.07, 6.45) is 4.27. The van der Waals surface area contributed by atoms with Crippen LogP contribution in [0.1, 0.15) is 32.8 Å². The van der Waals surface area contributed by atoms with Crippen LogP contribution in [0.5, 0.6) is 5.75 Å². The van der Waals surface area contributed by atoms with E-state index in [4.69, 9.17) is 4.74 Å². The Morgan fingerprint density at radius 1 is 1.44 bits per heavy atom. The fourth-order valence-electron chi connectivity index (χ4n) is 1.01. The highest BCUT2D eigenvalue weighted by molar-refractivity contribution is 5.38. The molecule has 0 radical (unpaired) electrons. The standard InChI is InChI=1S/C13H17NO2/c1-4-7-16-12-8-11(9-14-10-12)5-6-13(2,3)15/h8-10,15H,4,7H2,1-3H3. The Kier molecular flexibility index (Phi) is 4.33. The molecular weight excluding hydrogens is 202 g/mol. The SMILES string of the molecule is CCCOc1cncc(C#CC(C)(C)O)c1. The lowest BCUT2D eigenvalue weighted by Gasteiger charge is -2.06. The highest BCUT2D eigenvalue weighted by Crippen LogP contribution is 2.11. The molecule has 0 bridgehead atoms. The van der Waals surface area contributed by atoms with Crippen LogP contribution in [0.3, 0.4) is 0 Å². The first-order valence-corrected chi connectivity index (χ1v) is 5.34. The zero-order valence-electron chi connectivity index (χ0n) is 9.95. The van der Waals surface area contributed by atoms with Crippen LogP contribution < -0.4 is 4.74 Å². The third-order valence-electron chi connectivity index (χ3n) is 1.70. The number of hydrogen-bond acceptors (Lipinski definition) is 3. The van der Waals surface area contributed by atoms with Crippen LogP contribution in [0, 0.1) is 11.8 Å². The summed E-state index contributed by atoms with van der Waals surface area (Å²) < 4.78 is 5.43. The predicted octanol–water partition coefficient (Wildman–Crippen LogP) is 1.99. The van der Waals surface area contributed by atoms with Crippen LogP contribution in [-0.4, -0.2) is 22.3 Å². The molecule has 0 aliphatic rings. The van der Waals surface area contributed by atoms with Crippen molar-refractivity contribution in [3.63, 3.8) is 0 Å². The average Bonchev–Trinajstić information content (AvgIpc) is 2.23. The smallest absolute Gasteiger partial charge is 0.138 e. The number of aromatic nitrogens is 1. The molecule has 3 heteroatoms. The Bertz CT molecular complexity index is 396. The minimum Gasteiger partial charge on any atom is -0.492 e. The molecule has 3 nitrogen and oxygen atoms in total. The van der Waals surface area contributed by atoms with E-state index >= 15 is 0 Å². The summed E-state index contributed by atoms with van der Waals surface area (Å²) in [5.41, 5.74) is -0.240. The summed E-state index contributed by atoms with van der Waals surface area (Å²) in [6, 6.07) is 1.82. The van der Waals surface area contributed by atoms with Gasteiger partial charge in [-0.25, -0.2) is 0 Å². The fourth-order valence-corrected chi connectivity index (χ4v) is 1.01. The van der Waals surface area contributed by atoms with Crippen LogP contribution in [0.2, 0.25) is 0 Å². The maximum absolute atomic E-state index is 9.46. The van der Waals surface area contributed by atoms with Gasteiger partial charge in [-0.3, -0.25) is 4.98 Å². The Morgan fingerprint density at radius 2 is 2.19 bits per heavy atom. The second-order valence-electron chi connectivity index (χ2n) is 4.07. The van der Waals surface area contributed by atoms with Gasteiger partial charge >= 0.3 is 0 Å². The van der Waals surface area contributed by atoms with Crippen LogP contribution in [-0.2, 0) is 0 Å². The van der Waals surface area contributed by atoms with Crippen molar-refractivity contribution in [2.24, 2.45) is 0 Å². The topological polar surface area (TPSA) is 42.4 Å². The van der Waals surface area contributed by atoms with Gasteiger partial charge in [-0.2, -0.15) is 0 Å². The van der Waals surface area contributed by atoms with E-state index < -0.39 is 5.60 Å². The number of hydrogen-bond donors (Lipinski definition) is 1. The van der Waals surface area contributed by atoms with Crippen molar-refractivity contribution >= 4 is 0 Å². The zero-order valence-corrected chi connectivity index (χ0v) is 9.95. The summed E-state index contributed by atoms with van der Waals surface area (Å²) in [4.78, 5) is 4.03. The third kappa shape index (κ3) is 4.81. The third-order valence-corrected chi connectivity index (χ3v) is 1.70. The molecule has 16 heavy (non-hydrogen) atoms. The molecule has 0 spiro atoms. The molecule has 1 aromatic rings. The quantitative estimate of drug-likeness (QED) is 0.790. The largest absolute Gasteiger partial charge is 0.492 e. The summed E-state index contributed by atoms with van der Waals surface area (Å²) in [7, 11) is 0. The van der Waals surface area contributed by atoms with Crippen molar-refractivity contribution in [3.8, 4) is 17.6 Å². The monoisotopic (exact) mass is 219 g/mol. The molecule has 0 atom stereocenters. The van der Waals surface area contributed by atoms with E-state index in [-0.39, 0.29) is 0 Å². The molecule has 0 unspecified atom stereocenters. The molecule has 0 aliphatic heterocycles. The van der Waals surface area contributed by atoms with E-state index in [0.717, 1.165) is 12.0 Å². The van der Waals surface area contributed by atoms with Gasteiger partial charge in [0.25, 0.3) is 0 Å². The number of aliphatic hydroxyl groups is 1. The van der Waals surface area contributed by atoms with Gasteiger partial charge in [-0.15, -0.1) is 0 Å². The van der Waals surface area contributed by atoms with E-state index in [1.165, 1.54) is 0 Å². The van der Waals surface area contributed by atoms with Gasteiger partial charge < -0.3 is 9.84 Å². The lowest BCUT2D eigenvalue weighted by atomic mass is 10.1. The molecule has 0 amide bonds. The molecule has 0 aliphatic carbocycles. The molecular formula is C13H17NO2. The Balaban J connectivity index is 2.77. The number of rotatable bonds is 3. The molecule has 1 rings (SSSR count). The van der Waals surface area contributed by atoms with Gasteiger partial charge in [0, 0.05) is 11.8 Å². The fraction of sp³-hybridized carbons (Fsp3) is 0.462. The van der Waals surface area contributed by atoms with Crippen LogP contribution >= 0.6 is 0 Å². The summed E-state index contributed by atoms with van der Waals surface area (Å²) >= 11 is 0. The van der Waals surface area contributed by atoms with Gasteiger partial charge in [0.15, 0.2) is 0 Å². The highest BCUT2D eigenvalue weighted by atomic mass is 16.5. The summed E-state index contributed by atoms with van der Waals surface area (Å²) in [5.74, 6) is 6.30. The Morgan fingerprint density at radius 3 is 2.81 bits per heavy atom. The molecule has 1 N–H and O–H groups in total. The van der Waals surface area contributed by atoms with Crippen molar-refractivity contribution < 1.29 is 9.84 Å². The van der Waals surface area contributed by atoms with Crippen molar-refractivity contribution in [1.82, 2.24) is 4.98 Å². The number of pyridine rings is 1. The van der Waals surface area contributed by atoms with E-state index in [9.17, 15) is 5.11 Å². The Hall–Kier alpha value is -1.53. The average molecular weight is 219 g/mol. The summed E-state index contributed by atoms with van der Waals surface area (Å²) in [6.45, 7) is 6.01. The molecule has 0 saturated carbocycles. The van der Waals surface area contributed by atoms with Gasteiger partial charge in [0.2, 0.25) is 0 Å². The van der Waals surface area contributed by atoms with E-state index in [1.807, 2.05) is 13.0 Å². The van der Waals surface area contributed by atoms with E-state index in [1.54, 1.807) is 26.2 Å². The predicted molar refractivity (Wildman–Crippen MR) is 63.2 cm³/mol. The Labute approximate surface area is 96.5 Å². The first-order valence-electron chi connectivity index (χ1n) is 5.34. The zero-order chi connectivity index (χ0) is 12.0. The minimum absolute atomic E-state index is 0.671. The van der Waals surface area contributed by atoms with Gasteiger partial charge in [-0.1, -0.05) is 18.8 Å². The maximum Gasteiger partial charge on any atom is 0.138 e. The number of ether oxygens (including phenoxy) is 1. The molecule has 0 saturated heterocycles. The molecule has 1 heterocycles. The number of nitrogens with zero attached hydrogens (tertiary/aromatic N) is 1. The van der Waals surface area contributed by atoms with Gasteiger partial charge in [0.1, 0.15) is 11.4 Å². The molecule has 1 aromatic heterocycles. The lowest BCUT2D eigenvalue weighted by molar-refractivity contribution is 0.143. The van der Waals surface area contributed by atoms with Crippen molar-refractivity contribution in [2.75, 3.05) is 6.61 Å². The molecule has 86 valence electrons. The highest BCUT2D eigenvalue weighted by Gasteiger charge is 2.05. The first kappa shape index (κ1) is 12.5. The van der Waals surface area contributed by atoms with Gasteiger partial charge in [-0.05, 0) is 26.3 Å². The van der Waals surface area contributed by atoms with Crippen molar-refractivity contribution in [3.05, 3.63) is 24.0 Å². The van der Waals surface area contributed by atoms with Crippen LogP contribution in [0.25, 0.3) is 0 Å². The van der Waals surface area contributed by atoms with E-state index in [2.05, 4.69) is 16.8 Å². The van der Waals surface area contributed by atoms with Crippen molar-refractivity contribution in [2.45, 2.75) is 32.8 Å². The summed E-state index contributed by atoms with van der Waals surface area (Å²) in [5, 5.41) is 9.46. The second-order valence-corrected chi connectivity index (χ2v) is 4.07. The molecule has 0 aromatic carbocycles. The van der Waals surface area contributed by atoms with E-state index in [0.29, 0.717) is 12.4 Å². The molecule has 0 fully saturated rings. The van der Waals surface area contributed by atoms with Crippen LogP contribution in [0.4, 0.5) is 0 Å². The minimum atomic E-state index is -0.986. The van der Waals surface area contributed by atoms with Gasteiger partial charge in [0.05, 0.1) is 12.8 Å². The first-order chi connectivity index (χ1) is 7.51. The van der Waals surface area contributed by atoms with Crippen LogP contribution in [0.15, 0.2) is 18.5 Å².